The van der Waals surface area contributed by atoms with Gasteiger partial charge in [0.15, 0.2) is 0 Å². The summed E-state index contributed by atoms with van der Waals surface area (Å²) in [6, 6.07) is 7.33. The van der Waals surface area contributed by atoms with Crippen LogP contribution in [0.25, 0.3) is 0 Å². The monoisotopic (exact) mass is 316 g/mol. The molecule has 1 atom stereocenters. The number of rotatable bonds is 3. The van der Waals surface area contributed by atoms with E-state index in [4.69, 9.17) is 23.2 Å². The molecule has 1 nitrogen and oxygen atoms in total. The van der Waals surface area contributed by atoms with Crippen molar-refractivity contribution in [2.24, 2.45) is 0 Å². The Hall–Kier alpha value is -1.16. The van der Waals surface area contributed by atoms with Crippen molar-refractivity contribution in [3.63, 3.8) is 0 Å². The van der Waals surface area contributed by atoms with Crippen molar-refractivity contribution in [3.05, 3.63) is 68.7 Å². The predicted molar refractivity (Wildman–Crippen MR) is 76.2 cm³/mol. The van der Waals surface area contributed by atoms with Crippen LogP contribution in [0.1, 0.15) is 22.8 Å². The van der Waals surface area contributed by atoms with Crippen LogP contribution < -0.4 is 0 Å². The van der Waals surface area contributed by atoms with E-state index in [9.17, 15) is 13.9 Å². The third-order valence-electron chi connectivity index (χ3n) is 3.11. The SMILES string of the molecule is Cc1ccc(F)c(C(O)Cc2c(Cl)cccc2Cl)c1F. The van der Waals surface area contributed by atoms with E-state index in [0.717, 1.165) is 6.07 Å². The molecular formula is C15H12Cl2F2O. The molecular weight excluding hydrogens is 305 g/mol. The van der Waals surface area contributed by atoms with Gasteiger partial charge in [-0.1, -0.05) is 35.3 Å². The summed E-state index contributed by atoms with van der Waals surface area (Å²) in [6.07, 6.45) is -1.41. The van der Waals surface area contributed by atoms with Crippen LogP contribution in [0.3, 0.4) is 0 Å². The normalized spacial score (nSPS) is 12.5. The molecule has 2 aromatic carbocycles. The highest BCUT2D eigenvalue weighted by molar-refractivity contribution is 6.36. The fraction of sp³-hybridized carbons (Fsp3) is 0.200. The Morgan fingerprint density at radius 1 is 1.10 bits per heavy atom. The molecule has 0 radical (unpaired) electrons. The lowest BCUT2D eigenvalue weighted by molar-refractivity contribution is 0.168. The topological polar surface area (TPSA) is 20.2 Å². The zero-order chi connectivity index (χ0) is 14.9. The van der Waals surface area contributed by atoms with Gasteiger partial charge in [-0.15, -0.1) is 0 Å². The highest BCUT2D eigenvalue weighted by Crippen LogP contribution is 2.31. The van der Waals surface area contributed by atoms with Gasteiger partial charge < -0.3 is 5.11 Å². The van der Waals surface area contributed by atoms with E-state index in [1.54, 1.807) is 18.2 Å². The van der Waals surface area contributed by atoms with Crippen LogP contribution in [0, 0.1) is 18.6 Å². The van der Waals surface area contributed by atoms with Crippen LogP contribution >= 0.6 is 23.2 Å². The minimum Gasteiger partial charge on any atom is -0.388 e. The van der Waals surface area contributed by atoms with Gasteiger partial charge in [-0.05, 0) is 36.2 Å². The summed E-state index contributed by atoms with van der Waals surface area (Å²) in [5, 5.41) is 10.8. The Balaban J connectivity index is 2.38. The van der Waals surface area contributed by atoms with E-state index in [1.807, 2.05) is 0 Å². The molecule has 5 heteroatoms. The van der Waals surface area contributed by atoms with Crippen LogP contribution in [0.2, 0.25) is 10.0 Å². The lowest BCUT2D eigenvalue weighted by atomic mass is 9.98. The number of benzene rings is 2. The van der Waals surface area contributed by atoms with E-state index >= 15 is 0 Å². The summed E-state index contributed by atoms with van der Waals surface area (Å²) < 4.78 is 27.7. The van der Waals surface area contributed by atoms with Crippen molar-refractivity contribution in [1.82, 2.24) is 0 Å². The van der Waals surface area contributed by atoms with Crippen molar-refractivity contribution in [2.75, 3.05) is 0 Å². The first kappa shape index (κ1) is 15.2. The summed E-state index contributed by atoms with van der Waals surface area (Å²) >= 11 is 12.0. The third-order valence-corrected chi connectivity index (χ3v) is 3.82. The van der Waals surface area contributed by atoms with Crippen LogP contribution in [0.5, 0.6) is 0 Å². The molecule has 0 fully saturated rings. The molecule has 2 aromatic rings. The average Bonchev–Trinajstić information content (AvgIpc) is 2.39. The van der Waals surface area contributed by atoms with Crippen molar-refractivity contribution in [3.8, 4) is 0 Å². The molecule has 0 spiro atoms. The smallest absolute Gasteiger partial charge is 0.134 e. The van der Waals surface area contributed by atoms with E-state index in [-0.39, 0.29) is 17.5 Å². The minimum atomic E-state index is -1.35. The van der Waals surface area contributed by atoms with Gasteiger partial charge in [-0.2, -0.15) is 0 Å². The van der Waals surface area contributed by atoms with Gasteiger partial charge in [-0.3, -0.25) is 0 Å². The number of hydrogen-bond acceptors (Lipinski definition) is 1. The van der Waals surface area contributed by atoms with Crippen LogP contribution in [0.4, 0.5) is 8.78 Å². The average molecular weight is 317 g/mol. The summed E-state index contributed by atoms with van der Waals surface area (Å²) in [6.45, 7) is 1.51. The molecule has 0 heterocycles. The van der Waals surface area contributed by atoms with Gasteiger partial charge in [0.25, 0.3) is 0 Å². The standard InChI is InChI=1S/C15H12Cl2F2O/c1-8-5-6-12(18)14(15(8)19)13(20)7-9-10(16)3-2-4-11(9)17/h2-6,13,20H,7H2,1H3. The second-order valence-electron chi connectivity index (χ2n) is 4.51. The van der Waals surface area contributed by atoms with Crippen LogP contribution in [-0.4, -0.2) is 5.11 Å². The van der Waals surface area contributed by atoms with Gasteiger partial charge in [-0.25, -0.2) is 8.78 Å². The van der Waals surface area contributed by atoms with Gasteiger partial charge in [0.2, 0.25) is 0 Å². The lowest BCUT2D eigenvalue weighted by Crippen LogP contribution is -2.09. The third kappa shape index (κ3) is 2.95. The van der Waals surface area contributed by atoms with Gasteiger partial charge >= 0.3 is 0 Å². The van der Waals surface area contributed by atoms with Crippen molar-refractivity contribution >= 4 is 23.2 Å². The summed E-state index contributed by atoms with van der Waals surface area (Å²) in [5.74, 6) is -1.54. The zero-order valence-electron chi connectivity index (χ0n) is 10.6. The van der Waals surface area contributed by atoms with E-state index in [0.29, 0.717) is 15.6 Å². The molecule has 0 aliphatic rings. The van der Waals surface area contributed by atoms with Crippen LogP contribution in [-0.2, 0) is 6.42 Å². The highest BCUT2D eigenvalue weighted by Gasteiger charge is 2.21. The first-order valence-electron chi connectivity index (χ1n) is 5.97. The molecule has 0 aromatic heterocycles. The predicted octanol–water partition coefficient (Wildman–Crippen LogP) is 4.86. The number of halogens is 4. The molecule has 20 heavy (non-hydrogen) atoms. The molecule has 0 amide bonds. The Morgan fingerprint density at radius 2 is 1.70 bits per heavy atom. The molecule has 0 saturated carbocycles. The highest BCUT2D eigenvalue weighted by atomic mass is 35.5. The maximum atomic E-state index is 14.0. The van der Waals surface area contributed by atoms with E-state index in [2.05, 4.69) is 0 Å². The Kier molecular flexibility index (Phi) is 4.63. The Morgan fingerprint density at radius 3 is 2.30 bits per heavy atom. The van der Waals surface area contributed by atoms with Gasteiger partial charge in [0.05, 0.1) is 11.7 Å². The Bertz CT molecular complexity index is 624. The van der Waals surface area contributed by atoms with Crippen LogP contribution in [0.15, 0.2) is 30.3 Å². The number of aliphatic hydroxyl groups is 1. The van der Waals surface area contributed by atoms with Gasteiger partial charge in [0, 0.05) is 16.5 Å². The number of aryl methyl sites for hydroxylation is 1. The van der Waals surface area contributed by atoms with Crippen molar-refractivity contribution < 1.29 is 13.9 Å². The largest absolute Gasteiger partial charge is 0.388 e. The molecule has 2 rings (SSSR count). The molecule has 0 aliphatic heterocycles. The molecule has 0 saturated heterocycles. The first-order valence-corrected chi connectivity index (χ1v) is 6.73. The summed E-state index contributed by atoms with van der Waals surface area (Å²) in [7, 11) is 0. The van der Waals surface area contributed by atoms with Crippen molar-refractivity contribution in [2.45, 2.75) is 19.4 Å². The Labute approximate surface area is 125 Å². The second-order valence-corrected chi connectivity index (χ2v) is 5.33. The maximum Gasteiger partial charge on any atom is 0.134 e. The number of hydrogen-bond donors (Lipinski definition) is 1. The molecule has 1 N–H and O–H groups in total. The van der Waals surface area contributed by atoms with E-state index < -0.39 is 17.7 Å². The van der Waals surface area contributed by atoms with Crippen molar-refractivity contribution in [1.29, 1.82) is 0 Å². The molecule has 1 unspecified atom stereocenters. The number of aliphatic hydroxyl groups excluding tert-OH is 1. The fourth-order valence-corrected chi connectivity index (χ4v) is 2.56. The fourth-order valence-electron chi connectivity index (χ4n) is 2.01. The van der Waals surface area contributed by atoms with Gasteiger partial charge in [0.1, 0.15) is 11.6 Å². The summed E-state index contributed by atoms with van der Waals surface area (Å²) in [5.41, 5.74) is 0.371. The minimum absolute atomic E-state index is 0.0597. The van der Waals surface area contributed by atoms with E-state index in [1.165, 1.54) is 13.0 Å². The molecule has 106 valence electrons. The molecule has 0 bridgehead atoms. The first-order chi connectivity index (χ1) is 9.41. The zero-order valence-corrected chi connectivity index (χ0v) is 12.1. The maximum absolute atomic E-state index is 14.0. The second kappa shape index (κ2) is 6.08. The lowest BCUT2D eigenvalue weighted by Gasteiger charge is -2.16. The summed E-state index contributed by atoms with van der Waals surface area (Å²) in [4.78, 5) is 0. The molecule has 0 aliphatic carbocycles. The quantitative estimate of drug-likeness (QED) is 0.857.